The second kappa shape index (κ2) is 3.70. The fraction of sp³-hybridized carbons (Fsp3) is 0.250. The maximum absolute atomic E-state index is 9.26. The summed E-state index contributed by atoms with van der Waals surface area (Å²) in [5, 5.41) is 9.26. The maximum atomic E-state index is 9.26. The number of aromatic hydroxyl groups is 1. The zero-order chi connectivity index (χ0) is 9.26. The van der Waals surface area contributed by atoms with Gasteiger partial charge < -0.3 is 14.4 Å². The standard InChI is InChI=1S/C8H8BBrO3/c10-7-5-6(1-2-8(7)11)9-12-3-4-13-9/h1-2,5,11H,3-4H2. The van der Waals surface area contributed by atoms with E-state index in [0.29, 0.717) is 17.7 Å². The predicted octanol–water partition coefficient (Wildman–Crippen LogP) is 0.897. The Morgan fingerprint density at radius 1 is 1.31 bits per heavy atom. The number of benzene rings is 1. The van der Waals surface area contributed by atoms with Crippen LogP contribution in [0.2, 0.25) is 0 Å². The van der Waals surface area contributed by atoms with Crippen LogP contribution in [0.4, 0.5) is 0 Å². The summed E-state index contributed by atoms with van der Waals surface area (Å²) in [5.41, 5.74) is 0.919. The van der Waals surface area contributed by atoms with Gasteiger partial charge in [-0.2, -0.15) is 0 Å². The summed E-state index contributed by atoms with van der Waals surface area (Å²) in [5.74, 6) is 0.224. The average Bonchev–Trinajstić information content (AvgIpc) is 2.62. The molecular formula is C8H8BBrO3. The van der Waals surface area contributed by atoms with Crippen molar-refractivity contribution in [2.75, 3.05) is 13.2 Å². The van der Waals surface area contributed by atoms with Crippen molar-refractivity contribution in [3.63, 3.8) is 0 Å². The minimum absolute atomic E-state index is 0.224. The van der Waals surface area contributed by atoms with Crippen molar-refractivity contribution in [1.82, 2.24) is 0 Å². The molecule has 5 heteroatoms. The van der Waals surface area contributed by atoms with Gasteiger partial charge in [0.05, 0.1) is 17.7 Å². The Morgan fingerprint density at radius 2 is 2.00 bits per heavy atom. The van der Waals surface area contributed by atoms with Crippen molar-refractivity contribution in [2.24, 2.45) is 0 Å². The monoisotopic (exact) mass is 242 g/mol. The molecule has 0 aromatic heterocycles. The van der Waals surface area contributed by atoms with Crippen molar-refractivity contribution in [3.8, 4) is 5.75 Å². The summed E-state index contributed by atoms with van der Waals surface area (Å²) >= 11 is 3.23. The third-order valence-corrected chi connectivity index (χ3v) is 2.50. The highest BCUT2D eigenvalue weighted by atomic mass is 79.9. The number of rotatable bonds is 1. The van der Waals surface area contributed by atoms with Gasteiger partial charge in [0.15, 0.2) is 0 Å². The summed E-state index contributed by atoms with van der Waals surface area (Å²) in [6.45, 7) is 1.26. The van der Waals surface area contributed by atoms with Crippen molar-refractivity contribution in [1.29, 1.82) is 0 Å². The van der Waals surface area contributed by atoms with Crippen LogP contribution < -0.4 is 5.46 Å². The van der Waals surface area contributed by atoms with Gasteiger partial charge in [0.1, 0.15) is 5.75 Å². The number of hydrogen-bond donors (Lipinski definition) is 1. The van der Waals surface area contributed by atoms with E-state index in [1.807, 2.05) is 0 Å². The van der Waals surface area contributed by atoms with E-state index < -0.39 is 0 Å². The zero-order valence-electron chi connectivity index (χ0n) is 6.87. The summed E-state index contributed by atoms with van der Waals surface area (Å²) in [6.07, 6.45) is 0. The molecule has 1 saturated heterocycles. The van der Waals surface area contributed by atoms with E-state index in [-0.39, 0.29) is 12.9 Å². The molecular weight excluding hydrogens is 235 g/mol. The largest absolute Gasteiger partial charge is 0.507 e. The molecule has 1 N–H and O–H groups in total. The highest BCUT2D eigenvalue weighted by molar-refractivity contribution is 9.10. The maximum Gasteiger partial charge on any atom is 0.494 e. The van der Waals surface area contributed by atoms with E-state index in [2.05, 4.69) is 15.9 Å². The topological polar surface area (TPSA) is 38.7 Å². The van der Waals surface area contributed by atoms with E-state index in [0.717, 1.165) is 5.46 Å². The van der Waals surface area contributed by atoms with Crippen LogP contribution >= 0.6 is 15.9 Å². The van der Waals surface area contributed by atoms with Crippen LogP contribution in [0.25, 0.3) is 0 Å². The minimum Gasteiger partial charge on any atom is -0.507 e. The van der Waals surface area contributed by atoms with E-state index in [1.165, 1.54) is 0 Å². The quantitative estimate of drug-likeness (QED) is 0.744. The van der Waals surface area contributed by atoms with E-state index >= 15 is 0 Å². The van der Waals surface area contributed by atoms with Gasteiger partial charge in [0, 0.05) is 0 Å². The Hall–Kier alpha value is -0.515. The second-order valence-corrected chi connectivity index (χ2v) is 3.64. The molecule has 0 radical (unpaired) electrons. The van der Waals surface area contributed by atoms with Crippen molar-refractivity contribution >= 4 is 28.5 Å². The number of phenols is 1. The molecule has 0 bridgehead atoms. The molecule has 13 heavy (non-hydrogen) atoms. The van der Waals surface area contributed by atoms with Gasteiger partial charge in [-0.3, -0.25) is 0 Å². The minimum atomic E-state index is -0.281. The third-order valence-electron chi connectivity index (χ3n) is 1.87. The summed E-state index contributed by atoms with van der Waals surface area (Å²) in [6, 6.07) is 5.20. The van der Waals surface area contributed by atoms with Crippen LogP contribution in [0.3, 0.4) is 0 Å². The fourth-order valence-electron chi connectivity index (χ4n) is 1.22. The molecule has 1 aliphatic heterocycles. The Bertz CT molecular complexity index is 312. The van der Waals surface area contributed by atoms with Gasteiger partial charge in [-0.1, -0.05) is 6.07 Å². The lowest BCUT2D eigenvalue weighted by molar-refractivity contribution is 0.365. The zero-order valence-corrected chi connectivity index (χ0v) is 8.45. The Kier molecular flexibility index (Phi) is 2.57. The highest BCUT2D eigenvalue weighted by Crippen LogP contribution is 2.21. The normalized spacial score (nSPS) is 16.5. The molecule has 1 aliphatic rings. The molecule has 1 aromatic rings. The average molecular weight is 243 g/mol. The lowest BCUT2D eigenvalue weighted by atomic mass is 9.79. The SMILES string of the molecule is Oc1ccc(B2OCCO2)cc1Br. The molecule has 0 spiro atoms. The molecule has 0 aliphatic carbocycles. The predicted molar refractivity (Wildman–Crippen MR) is 53.1 cm³/mol. The molecule has 68 valence electrons. The van der Waals surface area contributed by atoms with Gasteiger partial charge in [0.2, 0.25) is 0 Å². The first-order valence-electron chi connectivity index (χ1n) is 3.99. The first-order valence-corrected chi connectivity index (χ1v) is 4.78. The molecule has 0 unspecified atom stereocenters. The summed E-state index contributed by atoms with van der Waals surface area (Å²) < 4.78 is 11.3. The number of halogens is 1. The molecule has 1 aromatic carbocycles. The first-order chi connectivity index (χ1) is 6.27. The molecule has 1 heterocycles. The molecule has 0 saturated carbocycles. The van der Waals surface area contributed by atoms with Crippen LogP contribution in [0.15, 0.2) is 22.7 Å². The van der Waals surface area contributed by atoms with Crippen molar-refractivity contribution < 1.29 is 14.4 Å². The van der Waals surface area contributed by atoms with Crippen LogP contribution in [0.5, 0.6) is 5.75 Å². The van der Waals surface area contributed by atoms with Crippen LogP contribution in [0, 0.1) is 0 Å². The van der Waals surface area contributed by atoms with Crippen LogP contribution in [-0.2, 0) is 9.31 Å². The lowest BCUT2D eigenvalue weighted by Gasteiger charge is -2.05. The Morgan fingerprint density at radius 3 is 2.62 bits per heavy atom. The fourth-order valence-corrected chi connectivity index (χ4v) is 1.62. The van der Waals surface area contributed by atoms with Gasteiger partial charge >= 0.3 is 7.12 Å². The summed E-state index contributed by atoms with van der Waals surface area (Å²) in [4.78, 5) is 0. The Labute approximate surface area is 84.9 Å². The van der Waals surface area contributed by atoms with Gasteiger partial charge in [-0.15, -0.1) is 0 Å². The van der Waals surface area contributed by atoms with Gasteiger partial charge in [-0.25, -0.2) is 0 Å². The van der Waals surface area contributed by atoms with E-state index in [4.69, 9.17) is 9.31 Å². The molecule has 1 fully saturated rings. The molecule has 2 rings (SSSR count). The number of hydrogen-bond acceptors (Lipinski definition) is 3. The van der Waals surface area contributed by atoms with Crippen molar-refractivity contribution in [2.45, 2.75) is 0 Å². The summed E-state index contributed by atoms with van der Waals surface area (Å²) in [7, 11) is -0.281. The first kappa shape index (κ1) is 9.06. The molecule has 0 atom stereocenters. The van der Waals surface area contributed by atoms with E-state index in [1.54, 1.807) is 18.2 Å². The van der Waals surface area contributed by atoms with Gasteiger partial charge in [-0.05, 0) is 33.5 Å². The third kappa shape index (κ3) is 1.87. The van der Waals surface area contributed by atoms with Gasteiger partial charge in [0.25, 0.3) is 0 Å². The van der Waals surface area contributed by atoms with E-state index in [9.17, 15) is 5.11 Å². The van der Waals surface area contributed by atoms with Crippen molar-refractivity contribution in [3.05, 3.63) is 22.7 Å². The van der Waals surface area contributed by atoms with Crippen LogP contribution in [-0.4, -0.2) is 25.4 Å². The molecule has 3 nitrogen and oxygen atoms in total. The second-order valence-electron chi connectivity index (χ2n) is 2.78. The Balaban J connectivity index is 2.25. The number of phenolic OH excluding ortho intramolecular Hbond substituents is 1. The van der Waals surface area contributed by atoms with Crippen LogP contribution in [0.1, 0.15) is 0 Å². The highest BCUT2D eigenvalue weighted by Gasteiger charge is 2.26. The molecule has 0 amide bonds. The smallest absolute Gasteiger partial charge is 0.494 e. The lowest BCUT2D eigenvalue weighted by Crippen LogP contribution is -2.31.